The van der Waals surface area contributed by atoms with Crippen molar-refractivity contribution >= 4 is 33.4 Å². The molecule has 522 valence electrons. The van der Waals surface area contributed by atoms with E-state index in [2.05, 4.69) is 175 Å². The molecule has 0 spiro atoms. The molecule has 0 aliphatic carbocycles. The molecule has 11 heteroatoms. The van der Waals surface area contributed by atoms with Crippen LogP contribution in [0.3, 0.4) is 0 Å². The molecular weight excluding hydrogens is 1240 g/mol. The summed E-state index contributed by atoms with van der Waals surface area (Å²) in [6, 6.07) is 81.9. The molecule has 9 aromatic rings. The number of phenols is 2. The number of aliphatic hydroxyl groups excluding tert-OH is 3. The number of piperazine rings is 1. The van der Waals surface area contributed by atoms with Gasteiger partial charge in [-0.25, -0.2) is 0 Å². The average molecular weight is 1340 g/mol. The summed E-state index contributed by atoms with van der Waals surface area (Å²) in [5.74, 6) is 2.87. The first-order valence-corrected chi connectivity index (χ1v) is 36.2. The van der Waals surface area contributed by atoms with Crippen LogP contribution in [0.4, 0.5) is 0 Å². The van der Waals surface area contributed by atoms with Crippen molar-refractivity contribution in [2.45, 2.75) is 96.6 Å². The van der Waals surface area contributed by atoms with Crippen molar-refractivity contribution in [1.29, 1.82) is 0 Å². The van der Waals surface area contributed by atoms with Crippen LogP contribution in [0, 0.1) is 6.92 Å². The smallest absolute Gasteiger partial charge is 0.119 e. The Hall–Kier alpha value is -8.88. The van der Waals surface area contributed by atoms with Crippen molar-refractivity contribution in [3.63, 3.8) is 0 Å². The molecule has 0 radical (unpaired) electrons. The summed E-state index contributed by atoms with van der Waals surface area (Å²) < 4.78 is 12.1. The highest BCUT2D eigenvalue weighted by Crippen LogP contribution is 2.40. The number of phenolic OH excluding ortho intramolecular Hbond substituents is 2. The topological polar surface area (TPSA) is 141 Å². The first kappa shape index (κ1) is 73.8. The van der Waals surface area contributed by atoms with Crippen LogP contribution in [-0.2, 0) is 0 Å². The summed E-state index contributed by atoms with van der Waals surface area (Å²) in [6.45, 7) is 17.2. The number of aryl methyl sites for hydroxylation is 1. The van der Waals surface area contributed by atoms with E-state index >= 15 is 0 Å². The molecule has 6 N–H and O–H groups in total. The molecule has 3 aliphatic heterocycles. The van der Waals surface area contributed by atoms with Gasteiger partial charge in [0, 0.05) is 83.6 Å². The molecule has 12 rings (SSSR count). The van der Waals surface area contributed by atoms with Crippen LogP contribution in [0.5, 0.6) is 23.0 Å². The minimum atomic E-state index is 0.138. The molecule has 100 heavy (non-hydrogen) atoms. The van der Waals surface area contributed by atoms with Gasteiger partial charge >= 0.3 is 0 Å². The van der Waals surface area contributed by atoms with E-state index in [1.807, 2.05) is 84.9 Å². The summed E-state index contributed by atoms with van der Waals surface area (Å²) in [4.78, 5) is 7.38. The normalized spacial score (nSPS) is 15.9. The van der Waals surface area contributed by atoms with E-state index in [0.29, 0.717) is 37.5 Å². The van der Waals surface area contributed by atoms with Gasteiger partial charge in [0.05, 0.1) is 6.61 Å². The predicted octanol–water partition coefficient (Wildman–Crippen LogP) is 16.9. The highest BCUT2D eigenvalue weighted by molar-refractivity contribution is 6.01. The molecule has 1 unspecified atom stereocenters. The number of likely N-dealkylation sites (tertiary alicyclic amines) is 2. The first-order chi connectivity index (χ1) is 49.0. The number of hydrogen-bond acceptors (Lipinski definition) is 11. The Balaban J connectivity index is 0.000000162. The van der Waals surface area contributed by atoms with E-state index in [9.17, 15) is 25.5 Å². The van der Waals surface area contributed by atoms with Crippen LogP contribution < -0.4 is 14.8 Å². The molecule has 3 saturated heterocycles. The maximum atomic E-state index is 9.85. The molecule has 1 atom stereocenters. The van der Waals surface area contributed by atoms with Gasteiger partial charge in [-0.1, -0.05) is 194 Å². The highest BCUT2D eigenvalue weighted by atomic mass is 16.5. The minimum absolute atomic E-state index is 0.138. The van der Waals surface area contributed by atoms with Crippen molar-refractivity contribution in [1.82, 2.24) is 20.0 Å². The Morgan fingerprint density at radius 3 is 1.19 bits per heavy atom. The Kier molecular flexibility index (Phi) is 28.5. The predicted molar refractivity (Wildman–Crippen MR) is 413 cm³/mol. The lowest BCUT2D eigenvalue weighted by molar-refractivity contribution is 0.110. The van der Waals surface area contributed by atoms with Gasteiger partial charge in [-0.3, -0.25) is 9.80 Å². The number of benzene rings is 9. The molecule has 3 aliphatic rings. The summed E-state index contributed by atoms with van der Waals surface area (Å²) in [7, 11) is 2.20. The molecule has 3 fully saturated rings. The summed E-state index contributed by atoms with van der Waals surface area (Å²) in [5.41, 5.74) is 20.0. The van der Waals surface area contributed by atoms with Gasteiger partial charge in [0.2, 0.25) is 0 Å². The van der Waals surface area contributed by atoms with E-state index < -0.39 is 0 Å². The van der Waals surface area contributed by atoms with E-state index in [1.54, 1.807) is 24.3 Å². The van der Waals surface area contributed by atoms with Crippen molar-refractivity contribution in [2.75, 3.05) is 92.4 Å². The van der Waals surface area contributed by atoms with Gasteiger partial charge < -0.3 is 45.2 Å². The van der Waals surface area contributed by atoms with Gasteiger partial charge in [-0.15, -0.1) is 0 Å². The van der Waals surface area contributed by atoms with E-state index in [-0.39, 0.29) is 31.3 Å². The van der Waals surface area contributed by atoms with Crippen LogP contribution in [0.2, 0.25) is 0 Å². The summed E-state index contributed by atoms with van der Waals surface area (Å²) >= 11 is 0. The Labute approximate surface area is 595 Å². The van der Waals surface area contributed by atoms with Crippen LogP contribution >= 0.6 is 0 Å². The van der Waals surface area contributed by atoms with Gasteiger partial charge in [0.1, 0.15) is 29.6 Å². The maximum absolute atomic E-state index is 9.85. The van der Waals surface area contributed by atoms with Crippen molar-refractivity contribution in [3.8, 4) is 23.0 Å². The van der Waals surface area contributed by atoms with E-state index in [1.165, 1.54) is 69.5 Å². The molecule has 0 amide bonds. The third-order valence-electron chi connectivity index (χ3n) is 19.6. The number of nitrogens with zero attached hydrogens (tertiary/aromatic N) is 3. The summed E-state index contributed by atoms with van der Waals surface area (Å²) in [6.07, 6.45) is 8.06. The van der Waals surface area contributed by atoms with E-state index in [0.717, 1.165) is 141 Å². The van der Waals surface area contributed by atoms with Crippen molar-refractivity contribution in [3.05, 3.63) is 298 Å². The van der Waals surface area contributed by atoms with Crippen LogP contribution in [0.15, 0.2) is 237 Å². The van der Waals surface area contributed by atoms with E-state index in [4.69, 9.17) is 9.47 Å². The molecular formula is C89H104N4O7. The van der Waals surface area contributed by atoms with Crippen LogP contribution in [0.1, 0.15) is 139 Å². The fourth-order valence-corrected chi connectivity index (χ4v) is 13.8. The standard InChI is InChI=1S/C30H35NO3.C30H35NO.C29H34N2O3/c1-31-20-5-9-26(31)19-22-34-28-17-13-25(14-18-28)30(24-11-15-27(33)16-12-24)29(10-6-21-32)23-7-3-2-4-8-23;1-22(2)31-20-28(21-31)24-15-17-27(18-16-24)30(26-13-11-23(3)12-14-26)29(10-7-19-32)25-8-5-4-6-9-25;32-21-4-7-28(23-5-2-1-3-6-23)29(24-8-12-26(33)13-9-24)25-10-14-27(15-11-25)34-22-20-31-18-16-30-17-19-31/h2-4,7-8,11-18,26,32-33H,5-6,9-10,19-22H2,1H3;4-6,8-9,11-18,22,28,32H,7,10,19-21H2,1-3H3;1-3,5-6,8-15,30,32-33H,4,7,16-22H2/b2*30-29-;29-28-. The molecule has 0 saturated carbocycles. The molecule has 11 nitrogen and oxygen atoms in total. The number of hydrogen-bond donors (Lipinski definition) is 6. The largest absolute Gasteiger partial charge is 0.508 e. The lowest BCUT2D eigenvalue weighted by atomic mass is 9.85. The second kappa shape index (κ2) is 38.6. The molecule has 9 aromatic carbocycles. The fourth-order valence-electron chi connectivity index (χ4n) is 13.8. The zero-order chi connectivity index (χ0) is 69.8. The molecule has 0 aromatic heterocycles. The zero-order valence-corrected chi connectivity index (χ0v) is 59.2. The quantitative estimate of drug-likeness (QED) is 0.0261. The fraction of sp³-hybridized carbons (Fsp3) is 0.326. The summed E-state index contributed by atoms with van der Waals surface area (Å²) in [5, 5.41) is 51.8. The zero-order valence-electron chi connectivity index (χ0n) is 59.2. The monoisotopic (exact) mass is 1340 g/mol. The van der Waals surface area contributed by atoms with Gasteiger partial charge in [0.15, 0.2) is 0 Å². The number of ether oxygens (including phenoxy) is 2. The Bertz CT molecular complexity index is 3960. The lowest BCUT2D eigenvalue weighted by Gasteiger charge is -2.42. The number of allylic oxidation sites excluding steroid dienone is 3. The second-order valence-corrected chi connectivity index (χ2v) is 26.9. The Morgan fingerprint density at radius 1 is 0.450 bits per heavy atom. The average Bonchev–Trinajstić information content (AvgIpc) is 0.880. The number of aliphatic hydroxyl groups is 3. The number of nitrogens with one attached hydrogen (secondary N) is 1. The maximum Gasteiger partial charge on any atom is 0.119 e. The van der Waals surface area contributed by atoms with Crippen molar-refractivity contribution in [2.24, 2.45) is 0 Å². The Morgan fingerprint density at radius 2 is 0.820 bits per heavy atom. The molecule has 3 heterocycles. The first-order valence-electron chi connectivity index (χ1n) is 36.2. The number of aromatic hydroxyl groups is 2. The molecule has 0 bridgehead atoms. The second-order valence-electron chi connectivity index (χ2n) is 26.9. The van der Waals surface area contributed by atoms with Gasteiger partial charge in [0.25, 0.3) is 0 Å². The lowest BCUT2D eigenvalue weighted by Crippen LogP contribution is -2.48. The third kappa shape index (κ3) is 21.1. The van der Waals surface area contributed by atoms with Crippen LogP contribution in [0.25, 0.3) is 33.4 Å². The number of rotatable bonds is 28. The van der Waals surface area contributed by atoms with Gasteiger partial charge in [-0.05, 0) is 230 Å². The SMILES string of the molecule is CN1CCCC1CCOc1ccc(/C(=C(/CCCO)c2ccccc2)c2ccc(O)cc2)cc1.Cc1ccc(/C(=C(\CCCO)c2ccccc2)c2ccc(C3CN(C(C)C)C3)cc2)cc1.OCCC/C(=C(\c1ccc(O)cc1)c1ccc(OCCN2CCNCC2)cc1)c1ccccc1. The third-order valence-corrected chi connectivity index (χ3v) is 19.6. The van der Waals surface area contributed by atoms with Gasteiger partial charge in [-0.2, -0.15) is 0 Å². The minimum Gasteiger partial charge on any atom is -0.508 e. The van der Waals surface area contributed by atoms with Crippen molar-refractivity contribution < 1.29 is 35.0 Å². The van der Waals surface area contributed by atoms with Crippen LogP contribution in [-0.4, -0.2) is 145 Å². The highest BCUT2D eigenvalue weighted by Gasteiger charge is 2.30.